The Morgan fingerprint density at radius 1 is 1.42 bits per heavy atom. The van der Waals surface area contributed by atoms with Gasteiger partial charge in [-0.05, 0) is 24.5 Å². The molecule has 1 amide bonds. The number of carbonyl (C=O) groups is 1. The van der Waals surface area contributed by atoms with Gasteiger partial charge in [-0.3, -0.25) is 4.79 Å². The smallest absolute Gasteiger partial charge is 0.237 e. The summed E-state index contributed by atoms with van der Waals surface area (Å²) in [6.45, 7) is 0.649. The van der Waals surface area contributed by atoms with Crippen molar-refractivity contribution >= 4 is 15.9 Å². The first-order valence-electron chi connectivity index (χ1n) is 7.78. The van der Waals surface area contributed by atoms with Crippen molar-refractivity contribution in [2.75, 3.05) is 33.0 Å². The number of hydrogen-bond donors (Lipinski definition) is 1. The molecule has 8 heteroatoms. The van der Waals surface area contributed by atoms with Gasteiger partial charge in [-0.15, -0.1) is 0 Å². The molecule has 1 heterocycles. The van der Waals surface area contributed by atoms with Crippen molar-refractivity contribution in [2.24, 2.45) is 5.92 Å². The van der Waals surface area contributed by atoms with E-state index in [-0.39, 0.29) is 30.3 Å². The van der Waals surface area contributed by atoms with Crippen molar-refractivity contribution in [1.29, 1.82) is 0 Å². The van der Waals surface area contributed by atoms with Crippen molar-refractivity contribution in [3.63, 3.8) is 0 Å². The van der Waals surface area contributed by atoms with E-state index in [0.29, 0.717) is 31.5 Å². The van der Waals surface area contributed by atoms with Crippen LogP contribution in [0.15, 0.2) is 24.3 Å². The van der Waals surface area contributed by atoms with Gasteiger partial charge in [0.2, 0.25) is 15.9 Å². The molecule has 1 fully saturated rings. The van der Waals surface area contributed by atoms with E-state index < -0.39 is 10.0 Å². The molecular weight excluding hydrogens is 335 g/mol. The van der Waals surface area contributed by atoms with Gasteiger partial charge in [-0.2, -0.15) is 0 Å². The van der Waals surface area contributed by atoms with Crippen LogP contribution in [0.3, 0.4) is 0 Å². The summed E-state index contributed by atoms with van der Waals surface area (Å²) < 4.78 is 43.8. The fourth-order valence-corrected chi connectivity index (χ4v) is 3.38. The van der Waals surface area contributed by atoms with Gasteiger partial charge in [0, 0.05) is 26.1 Å². The molecule has 1 aliphatic rings. The number of benzene rings is 1. The maximum Gasteiger partial charge on any atom is 0.237 e. The van der Waals surface area contributed by atoms with Gasteiger partial charge < -0.3 is 9.64 Å². The lowest BCUT2D eigenvalue weighted by molar-refractivity contribution is -0.134. The monoisotopic (exact) mass is 358 g/mol. The number of nitrogens with zero attached hydrogens (tertiary/aromatic N) is 1. The van der Waals surface area contributed by atoms with E-state index in [4.69, 9.17) is 4.74 Å². The first kappa shape index (κ1) is 18.8. The molecule has 1 aromatic carbocycles. The van der Waals surface area contributed by atoms with Crippen LogP contribution >= 0.6 is 0 Å². The topological polar surface area (TPSA) is 75.7 Å². The van der Waals surface area contributed by atoms with Gasteiger partial charge in [-0.25, -0.2) is 17.5 Å². The number of likely N-dealkylation sites (tertiary alicyclic amines) is 1. The second-order valence-electron chi connectivity index (χ2n) is 6.05. The summed E-state index contributed by atoms with van der Waals surface area (Å²) in [5.74, 6) is -0.592. The highest BCUT2D eigenvalue weighted by atomic mass is 32.2. The molecule has 1 aliphatic heterocycles. The van der Waals surface area contributed by atoms with Crippen LogP contribution in [0.2, 0.25) is 0 Å². The Kier molecular flexibility index (Phi) is 6.31. The van der Waals surface area contributed by atoms with Crippen LogP contribution in [0.4, 0.5) is 4.39 Å². The van der Waals surface area contributed by atoms with Gasteiger partial charge >= 0.3 is 0 Å². The Morgan fingerprint density at radius 3 is 2.75 bits per heavy atom. The van der Waals surface area contributed by atoms with Crippen LogP contribution in [0.5, 0.6) is 0 Å². The highest BCUT2D eigenvalue weighted by Crippen LogP contribution is 2.24. The summed E-state index contributed by atoms with van der Waals surface area (Å²) in [5.41, 5.74) is 0.591. The second kappa shape index (κ2) is 8.04. The van der Waals surface area contributed by atoms with Crippen molar-refractivity contribution in [1.82, 2.24) is 9.62 Å². The Hall–Kier alpha value is -1.51. The second-order valence-corrected chi connectivity index (χ2v) is 7.88. The summed E-state index contributed by atoms with van der Waals surface area (Å²) >= 11 is 0. The number of carbonyl (C=O) groups excluding carboxylic acids is 1. The molecule has 24 heavy (non-hydrogen) atoms. The number of rotatable bonds is 6. The fourth-order valence-electron chi connectivity index (χ4n) is 2.99. The highest BCUT2D eigenvalue weighted by Gasteiger charge is 2.32. The molecule has 2 rings (SSSR count). The molecule has 0 bridgehead atoms. The van der Waals surface area contributed by atoms with E-state index >= 15 is 0 Å². The SMILES string of the molecule is CO[C@H]1CCN(C(=O)CNS(C)(=O)=O)C[C@H]1Cc1ccccc1F. The third-order valence-corrected chi connectivity index (χ3v) is 4.91. The third kappa shape index (κ3) is 5.25. The first-order valence-corrected chi connectivity index (χ1v) is 9.68. The van der Waals surface area contributed by atoms with Crippen LogP contribution < -0.4 is 4.72 Å². The summed E-state index contributed by atoms with van der Waals surface area (Å²) in [5, 5.41) is 0. The average Bonchev–Trinajstić information content (AvgIpc) is 2.54. The number of ether oxygens (including phenoxy) is 1. The van der Waals surface area contributed by atoms with Gasteiger partial charge in [-0.1, -0.05) is 18.2 Å². The van der Waals surface area contributed by atoms with E-state index in [1.165, 1.54) is 6.07 Å². The zero-order valence-corrected chi connectivity index (χ0v) is 14.7. The minimum Gasteiger partial charge on any atom is -0.381 e. The number of nitrogens with one attached hydrogen (secondary N) is 1. The quantitative estimate of drug-likeness (QED) is 0.815. The lowest BCUT2D eigenvalue weighted by Crippen LogP contribution is -2.50. The number of amides is 1. The number of halogens is 1. The zero-order valence-electron chi connectivity index (χ0n) is 13.9. The molecule has 0 spiro atoms. The van der Waals surface area contributed by atoms with Crippen LogP contribution in [0.1, 0.15) is 12.0 Å². The van der Waals surface area contributed by atoms with Crippen molar-refractivity contribution in [3.05, 3.63) is 35.6 Å². The molecule has 2 atom stereocenters. The molecule has 1 saturated heterocycles. The lowest BCUT2D eigenvalue weighted by Gasteiger charge is -2.38. The summed E-state index contributed by atoms with van der Waals surface area (Å²) in [6, 6.07) is 6.56. The van der Waals surface area contributed by atoms with Gasteiger partial charge in [0.1, 0.15) is 5.82 Å². The Labute approximate surface area is 142 Å². The number of hydrogen-bond acceptors (Lipinski definition) is 4. The van der Waals surface area contributed by atoms with E-state index in [0.717, 1.165) is 6.26 Å². The normalized spacial score (nSPS) is 21.7. The van der Waals surface area contributed by atoms with Gasteiger partial charge in [0.15, 0.2) is 0 Å². The lowest BCUT2D eigenvalue weighted by atomic mass is 9.88. The molecule has 1 N–H and O–H groups in total. The molecule has 0 aromatic heterocycles. The summed E-state index contributed by atoms with van der Waals surface area (Å²) in [6.07, 6.45) is 2.06. The molecule has 134 valence electrons. The maximum absolute atomic E-state index is 13.9. The largest absolute Gasteiger partial charge is 0.381 e. The molecule has 1 aromatic rings. The molecule has 0 aliphatic carbocycles. The summed E-state index contributed by atoms with van der Waals surface area (Å²) in [4.78, 5) is 13.8. The molecule has 0 radical (unpaired) electrons. The van der Waals surface area contributed by atoms with Gasteiger partial charge in [0.25, 0.3) is 0 Å². The van der Waals surface area contributed by atoms with Crippen molar-refractivity contribution in [3.8, 4) is 0 Å². The molecule has 0 saturated carbocycles. The highest BCUT2D eigenvalue weighted by molar-refractivity contribution is 7.88. The van der Waals surface area contributed by atoms with Crippen molar-refractivity contribution in [2.45, 2.75) is 18.9 Å². The Bertz CT molecular complexity index is 680. The van der Waals surface area contributed by atoms with Crippen molar-refractivity contribution < 1.29 is 22.3 Å². The predicted molar refractivity (Wildman–Crippen MR) is 88.4 cm³/mol. The Morgan fingerprint density at radius 2 is 2.12 bits per heavy atom. The van der Waals surface area contributed by atoms with Crippen LogP contribution in [-0.2, 0) is 26.0 Å². The van der Waals surface area contributed by atoms with E-state index in [9.17, 15) is 17.6 Å². The van der Waals surface area contributed by atoms with E-state index in [2.05, 4.69) is 4.72 Å². The molecule has 6 nitrogen and oxygen atoms in total. The third-order valence-electron chi connectivity index (χ3n) is 4.25. The number of piperidine rings is 1. The Balaban J connectivity index is 2.03. The average molecular weight is 358 g/mol. The van der Waals surface area contributed by atoms with Crippen LogP contribution in [0, 0.1) is 11.7 Å². The van der Waals surface area contributed by atoms with E-state index in [1.807, 2.05) is 0 Å². The minimum absolute atomic E-state index is 0.0390. The molecule has 0 unspecified atom stereocenters. The van der Waals surface area contributed by atoms with E-state index in [1.54, 1.807) is 30.2 Å². The summed E-state index contributed by atoms with van der Waals surface area (Å²) in [7, 11) is -1.80. The van der Waals surface area contributed by atoms with Crippen LogP contribution in [-0.4, -0.2) is 58.3 Å². The zero-order chi connectivity index (χ0) is 17.7. The standard InChI is InChI=1S/C16H23FN2O4S/c1-23-15-7-8-19(16(20)10-18-24(2,21)22)11-13(15)9-12-5-3-4-6-14(12)17/h3-6,13,15,18H,7-11H2,1-2H3/t13-,15+/m1/s1. The number of sulfonamides is 1. The fraction of sp³-hybridized carbons (Fsp3) is 0.562. The van der Waals surface area contributed by atoms with Gasteiger partial charge in [0.05, 0.1) is 18.9 Å². The molecular formula is C16H23FN2O4S. The first-order chi connectivity index (χ1) is 11.3. The number of methoxy groups -OCH3 is 1. The maximum atomic E-state index is 13.9. The van der Waals surface area contributed by atoms with Crippen LogP contribution in [0.25, 0.3) is 0 Å². The minimum atomic E-state index is -3.41. The predicted octanol–water partition coefficient (Wildman–Crippen LogP) is 0.781.